The van der Waals surface area contributed by atoms with Crippen LogP contribution in [0.3, 0.4) is 0 Å². The van der Waals surface area contributed by atoms with Crippen molar-refractivity contribution in [3.05, 3.63) is 24.3 Å². The van der Waals surface area contributed by atoms with Gasteiger partial charge in [-0.15, -0.1) is 0 Å². The number of ether oxygens (including phenoxy) is 1. The molecule has 1 aromatic rings. The molecule has 1 rings (SSSR count). The molecule has 0 spiro atoms. The van der Waals surface area contributed by atoms with Gasteiger partial charge in [0.25, 0.3) is 0 Å². The molecule has 0 aliphatic heterocycles. The van der Waals surface area contributed by atoms with Crippen molar-refractivity contribution in [3.8, 4) is 5.75 Å². The first-order chi connectivity index (χ1) is 9.88. The Balaban J connectivity index is 2.41. The van der Waals surface area contributed by atoms with E-state index in [9.17, 15) is 0 Å². The predicted molar refractivity (Wildman–Crippen MR) is 87.9 cm³/mol. The minimum Gasteiger partial charge on any atom is -0.492 e. The monoisotopic (exact) mass is 293 g/mol. The summed E-state index contributed by atoms with van der Waals surface area (Å²) < 4.78 is 5.73. The molecule has 0 aromatic heterocycles. The lowest BCUT2D eigenvalue weighted by atomic mass is 9.80. The Hall–Kier alpha value is -1.04. The van der Waals surface area contributed by atoms with Crippen molar-refractivity contribution >= 4 is 12.6 Å². The third kappa shape index (κ3) is 7.51. The number of hydrogen-bond donors (Lipinski definition) is 2. The van der Waals surface area contributed by atoms with Gasteiger partial charge in [-0.3, -0.25) is 4.90 Å². The first kappa shape index (κ1) is 18.0. The van der Waals surface area contributed by atoms with E-state index < -0.39 is 7.12 Å². The highest BCUT2D eigenvalue weighted by molar-refractivity contribution is 6.58. The highest BCUT2D eigenvalue weighted by atomic mass is 16.5. The van der Waals surface area contributed by atoms with Gasteiger partial charge < -0.3 is 14.8 Å². The summed E-state index contributed by atoms with van der Waals surface area (Å²) in [5, 5.41) is 18.1. The molecule has 2 N–H and O–H groups in total. The molecule has 118 valence electrons. The molecule has 5 heteroatoms. The number of rotatable bonds is 9. The minimum absolute atomic E-state index is 0.476. The zero-order chi connectivity index (χ0) is 15.8. The van der Waals surface area contributed by atoms with Crippen LogP contribution in [0.2, 0.25) is 0 Å². The van der Waals surface area contributed by atoms with Crippen molar-refractivity contribution < 1.29 is 14.8 Å². The number of hydrogen-bond acceptors (Lipinski definition) is 4. The van der Waals surface area contributed by atoms with Crippen LogP contribution in [0.15, 0.2) is 24.3 Å². The maximum Gasteiger partial charge on any atom is 0.488 e. The van der Waals surface area contributed by atoms with Crippen LogP contribution in [0.1, 0.15) is 27.7 Å². The Bertz CT molecular complexity index is 383. The molecule has 0 saturated heterocycles. The molecule has 0 saturated carbocycles. The molecule has 0 amide bonds. The van der Waals surface area contributed by atoms with E-state index in [1.165, 1.54) is 0 Å². The Morgan fingerprint density at radius 3 is 1.95 bits per heavy atom. The second-order valence-electron chi connectivity index (χ2n) is 6.34. The van der Waals surface area contributed by atoms with Gasteiger partial charge in [0.05, 0.1) is 0 Å². The van der Waals surface area contributed by atoms with Crippen molar-refractivity contribution in [2.24, 2.45) is 11.8 Å². The van der Waals surface area contributed by atoms with E-state index in [0.717, 1.165) is 25.4 Å². The first-order valence-corrected chi connectivity index (χ1v) is 7.69. The Kier molecular flexibility index (Phi) is 7.79. The minimum atomic E-state index is -1.42. The maximum absolute atomic E-state index is 9.04. The molecular weight excluding hydrogens is 265 g/mol. The summed E-state index contributed by atoms with van der Waals surface area (Å²) in [4.78, 5) is 2.43. The van der Waals surface area contributed by atoms with Crippen molar-refractivity contribution in [3.63, 3.8) is 0 Å². The van der Waals surface area contributed by atoms with Crippen LogP contribution in [-0.2, 0) is 0 Å². The Labute approximate surface area is 128 Å². The van der Waals surface area contributed by atoms with Crippen LogP contribution in [0.25, 0.3) is 0 Å². The van der Waals surface area contributed by atoms with Crippen molar-refractivity contribution in [2.45, 2.75) is 27.7 Å². The summed E-state index contributed by atoms with van der Waals surface area (Å²) in [5.41, 5.74) is 0.476. The van der Waals surface area contributed by atoms with E-state index in [1.54, 1.807) is 24.3 Å². The quantitative estimate of drug-likeness (QED) is 0.675. The fraction of sp³-hybridized carbons (Fsp3) is 0.625. The zero-order valence-electron chi connectivity index (χ0n) is 13.6. The van der Waals surface area contributed by atoms with Crippen LogP contribution in [0.4, 0.5) is 0 Å². The van der Waals surface area contributed by atoms with Gasteiger partial charge in [0.2, 0.25) is 0 Å². The van der Waals surface area contributed by atoms with Crippen LogP contribution in [0.5, 0.6) is 5.75 Å². The number of nitrogens with zero attached hydrogens (tertiary/aromatic N) is 1. The lowest BCUT2D eigenvalue weighted by Gasteiger charge is -2.26. The van der Waals surface area contributed by atoms with E-state index >= 15 is 0 Å². The van der Waals surface area contributed by atoms with Gasteiger partial charge >= 0.3 is 7.12 Å². The highest BCUT2D eigenvalue weighted by Crippen LogP contribution is 2.09. The van der Waals surface area contributed by atoms with Gasteiger partial charge in [-0.1, -0.05) is 39.8 Å². The standard InChI is InChI=1S/C16H28BNO3/c1-13(2)11-18(12-14(3)4)9-10-21-16-7-5-15(6-8-16)17(19)20/h5-8,13-14,19-20H,9-12H2,1-4H3. The fourth-order valence-electron chi connectivity index (χ4n) is 2.32. The predicted octanol–water partition coefficient (Wildman–Crippen LogP) is 1.36. The zero-order valence-corrected chi connectivity index (χ0v) is 13.6. The van der Waals surface area contributed by atoms with Gasteiger partial charge in [-0.2, -0.15) is 0 Å². The summed E-state index contributed by atoms with van der Waals surface area (Å²) in [6.07, 6.45) is 0. The normalized spacial score (nSPS) is 11.5. The molecule has 21 heavy (non-hydrogen) atoms. The van der Waals surface area contributed by atoms with E-state index in [1.807, 2.05) is 0 Å². The van der Waals surface area contributed by atoms with Crippen molar-refractivity contribution in [1.82, 2.24) is 4.90 Å². The summed E-state index contributed by atoms with van der Waals surface area (Å²) >= 11 is 0. The molecule has 1 aromatic carbocycles. The lowest BCUT2D eigenvalue weighted by Crippen LogP contribution is -2.34. The fourth-order valence-corrected chi connectivity index (χ4v) is 2.32. The second kappa shape index (κ2) is 9.08. The van der Waals surface area contributed by atoms with E-state index in [4.69, 9.17) is 14.8 Å². The molecular formula is C16H28BNO3. The van der Waals surface area contributed by atoms with Crippen LogP contribution in [-0.4, -0.2) is 48.3 Å². The van der Waals surface area contributed by atoms with Gasteiger partial charge in [-0.05, 0) is 29.4 Å². The number of benzene rings is 1. The largest absolute Gasteiger partial charge is 0.492 e. The van der Waals surface area contributed by atoms with E-state index in [-0.39, 0.29) is 0 Å². The Morgan fingerprint density at radius 1 is 1.00 bits per heavy atom. The molecule has 4 nitrogen and oxygen atoms in total. The molecule has 0 bridgehead atoms. The van der Waals surface area contributed by atoms with E-state index in [2.05, 4.69) is 32.6 Å². The molecule has 0 aliphatic rings. The second-order valence-corrected chi connectivity index (χ2v) is 6.34. The van der Waals surface area contributed by atoms with Gasteiger partial charge in [0.1, 0.15) is 12.4 Å². The van der Waals surface area contributed by atoms with Gasteiger partial charge in [-0.25, -0.2) is 0 Å². The molecule has 0 heterocycles. The topological polar surface area (TPSA) is 52.9 Å². The lowest BCUT2D eigenvalue weighted by molar-refractivity contribution is 0.177. The van der Waals surface area contributed by atoms with E-state index in [0.29, 0.717) is 23.9 Å². The van der Waals surface area contributed by atoms with Crippen molar-refractivity contribution in [1.29, 1.82) is 0 Å². The van der Waals surface area contributed by atoms with Crippen LogP contribution in [0, 0.1) is 11.8 Å². The molecule has 0 radical (unpaired) electrons. The van der Waals surface area contributed by atoms with Crippen LogP contribution >= 0.6 is 0 Å². The molecule has 0 aliphatic carbocycles. The average molecular weight is 293 g/mol. The third-order valence-corrected chi connectivity index (χ3v) is 3.10. The molecule has 0 atom stereocenters. The summed E-state index contributed by atoms with van der Waals surface area (Å²) in [7, 11) is -1.42. The highest BCUT2D eigenvalue weighted by Gasteiger charge is 2.11. The van der Waals surface area contributed by atoms with Crippen LogP contribution < -0.4 is 10.2 Å². The average Bonchev–Trinajstić information content (AvgIpc) is 2.37. The maximum atomic E-state index is 9.04. The van der Waals surface area contributed by atoms with Gasteiger partial charge in [0, 0.05) is 19.6 Å². The smallest absolute Gasteiger partial charge is 0.488 e. The first-order valence-electron chi connectivity index (χ1n) is 7.69. The van der Waals surface area contributed by atoms with Gasteiger partial charge in [0.15, 0.2) is 0 Å². The summed E-state index contributed by atoms with van der Waals surface area (Å²) in [6, 6.07) is 6.87. The molecule has 0 fully saturated rings. The molecule has 0 unspecified atom stereocenters. The van der Waals surface area contributed by atoms with Crippen molar-refractivity contribution in [2.75, 3.05) is 26.2 Å². The summed E-state index contributed by atoms with van der Waals surface area (Å²) in [5.74, 6) is 2.05. The third-order valence-electron chi connectivity index (χ3n) is 3.10. The Morgan fingerprint density at radius 2 is 1.52 bits per heavy atom. The summed E-state index contributed by atoms with van der Waals surface area (Å²) in [6.45, 7) is 12.6. The SMILES string of the molecule is CC(C)CN(CCOc1ccc(B(O)O)cc1)CC(C)C.